The summed E-state index contributed by atoms with van der Waals surface area (Å²) in [7, 11) is -4.22. The molecule has 1 aliphatic heterocycles. The molecule has 0 aliphatic carbocycles. The van der Waals surface area contributed by atoms with Crippen molar-refractivity contribution in [2.24, 2.45) is 0 Å². The van der Waals surface area contributed by atoms with Crippen molar-refractivity contribution < 1.29 is 27.8 Å². The molecule has 12 nitrogen and oxygen atoms in total. The third-order valence-electron chi connectivity index (χ3n) is 4.77. The molecule has 3 N–H and O–H groups in total. The summed E-state index contributed by atoms with van der Waals surface area (Å²) in [6.45, 7) is 0.434. The minimum Gasteiger partial charge on any atom is -0.477 e. The van der Waals surface area contributed by atoms with Crippen molar-refractivity contribution in [2.75, 3.05) is 16.8 Å². The molecular formula is C20H16N6O6S2. The normalized spacial score (nSPS) is 12.5. The van der Waals surface area contributed by atoms with E-state index in [9.17, 15) is 18.3 Å². The topological polar surface area (TPSA) is 158 Å². The number of imidazole rings is 1. The molecule has 0 radical (unpaired) electrons. The van der Waals surface area contributed by atoms with Crippen LogP contribution in [0, 0.1) is 0 Å². The van der Waals surface area contributed by atoms with Crippen LogP contribution in [-0.4, -0.2) is 45.8 Å². The Bertz CT molecular complexity index is 1470. The number of benzene rings is 1. The highest BCUT2D eigenvalue weighted by Crippen LogP contribution is 2.33. The predicted molar refractivity (Wildman–Crippen MR) is 121 cm³/mol. The van der Waals surface area contributed by atoms with E-state index in [2.05, 4.69) is 25.0 Å². The monoisotopic (exact) mass is 500 g/mol. The van der Waals surface area contributed by atoms with Gasteiger partial charge < -0.3 is 19.9 Å². The Kier molecular flexibility index (Phi) is 5.51. The number of sulfonamides is 1. The van der Waals surface area contributed by atoms with Gasteiger partial charge in [0, 0.05) is 18.9 Å². The second-order valence-corrected chi connectivity index (χ2v) is 9.53. The van der Waals surface area contributed by atoms with Gasteiger partial charge in [-0.2, -0.15) is 4.98 Å². The molecule has 0 bridgehead atoms. The second-order valence-electron chi connectivity index (χ2n) is 6.97. The van der Waals surface area contributed by atoms with Crippen LogP contribution >= 0.6 is 11.3 Å². The average molecular weight is 501 g/mol. The maximum absolute atomic E-state index is 13.0. The summed E-state index contributed by atoms with van der Waals surface area (Å²) in [6.07, 6.45) is 6.01. The fraction of sp³-hybridized carbons (Fsp3) is 0.100. The van der Waals surface area contributed by atoms with E-state index in [0.717, 1.165) is 16.9 Å². The van der Waals surface area contributed by atoms with E-state index < -0.39 is 16.0 Å². The maximum atomic E-state index is 13.0. The van der Waals surface area contributed by atoms with Gasteiger partial charge in [0.25, 0.3) is 10.0 Å². The van der Waals surface area contributed by atoms with Gasteiger partial charge in [0.05, 0.1) is 6.20 Å². The number of hydrogen-bond acceptors (Lipinski definition) is 10. The first-order valence-corrected chi connectivity index (χ1v) is 12.1. The quantitative estimate of drug-likeness (QED) is 0.328. The predicted octanol–water partition coefficient (Wildman–Crippen LogP) is 2.56. The molecule has 4 heterocycles. The number of nitrogens with one attached hydrogen (secondary N) is 2. The van der Waals surface area contributed by atoms with E-state index in [1.807, 2.05) is 12.1 Å². The summed E-state index contributed by atoms with van der Waals surface area (Å²) < 4.78 is 40.6. The van der Waals surface area contributed by atoms with Crippen molar-refractivity contribution in [2.45, 2.75) is 11.4 Å². The molecule has 174 valence electrons. The molecule has 5 rings (SSSR count). The fourth-order valence-electron chi connectivity index (χ4n) is 3.19. The molecule has 1 aliphatic rings. The molecule has 0 saturated heterocycles. The smallest absolute Gasteiger partial charge is 0.347 e. The number of thiophene rings is 1. The van der Waals surface area contributed by atoms with Crippen LogP contribution < -0.4 is 19.5 Å². The van der Waals surface area contributed by atoms with Gasteiger partial charge in [0.2, 0.25) is 12.7 Å². The van der Waals surface area contributed by atoms with Gasteiger partial charge in [0.15, 0.2) is 17.3 Å². The lowest BCUT2D eigenvalue weighted by Gasteiger charge is -2.14. The number of nitrogens with zero attached hydrogens (tertiary/aromatic N) is 4. The lowest BCUT2D eigenvalue weighted by Crippen LogP contribution is -2.18. The summed E-state index contributed by atoms with van der Waals surface area (Å²) in [5.74, 6) is 0.373. The number of carbonyl (C=O) groups is 1. The van der Waals surface area contributed by atoms with Crippen molar-refractivity contribution in [1.82, 2.24) is 19.5 Å². The summed E-state index contributed by atoms with van der Waals surface area (Å²) in [5, 5.41) is 13.8. The molecule has 0 fully saturated rings. The van der Waals surface area contributed by atoms with Crippen LogP contribution in [-0.2, 0) is 16.6 Å². The van der Waals surface area contributed by atoms with Crippen LogP contribution in [0.4, 0.5) is 11.5 Å². The van der Waals surface area contributed by atoms with Crippen molar-refractivity contribution in [3.8, 4) is 17.4 Å². The first kappa shape index (κ1) is 21.7. The van der Waals surface area contributed by atoms with Crippen molar-refractivity contribution in [3.63, 3.8) is 0 Å². The summed E-state index contributed by atoms with van der Waals surface area (Å²) in [4.78, 5) is 23.4. The summed E-state index contributed by atoms with van der Waals surface area (Å²) in [5.41, 5.74) is 0.888. The Balaban J connectivity index is 1.46. The number of carboxylic acid groups (broad SMARTS) is 1. The molecule has 0 spiro atoms. The van der Waals surface area contributed by atoms with Crippen molar-refractivity contribution in [3.05, 3.63) is 65.0 Å². The standard InChI is InChI=1S/C20H16N6O6S2/c27-19(28)17-16(3-6-33-17)34(29,30)25-13-9-23-20(26-5-4-21-10-26)24-18(13)22-8-12-1-2-14-15(7-12)32-11-31-14/h1-7,9-10,25H,8,11H2,(H,27,28)(H,22,23,24). The Morgan fingerprint density at radius 3 is 2.88 bits per heavy atom. The number of fused-ring (bicyclic) bond motifs is 1. The highest BCUT2D eigenvalue weighted by atomic mass is 32.2. The lowest BCUT2D eigenvalue weighted by molar-refractivity contribution is 0.0698. The molecule has 0 amide bonds. The van der Waals surface area contributed by atoms with E-state index in [-0.39, 0.29) is 40.6 Å². The number of rotatable bonds is 8. The number of hydrogen-bond donors (Lipinski definition) is 3. The summed E-state index contributed by atoms with van der Waals surface area (Å²) >= 11 is 0.819. The van der Waals surface area contributed by atoms with Gasteiger partial charge >= 0.3 is 5.97 Å². The minimum absolute atomic E-state index is 0.0483. The van der Waals surface area contributed by atoms with Crippen LogP contribution in [0.5, 0.6) is 11.5 Å². The van der Waals surface area contributed by atoms with E-state index in [4.69, 9.17) is 9.47 Å². The molecular weight excluding hydrogens is 484 g/mol. The minimum atomic E-state index is -4.22. The molecule has 4 aromatic rings. The summed E-state index contributed by atoms with van der Waals surface area (Å²) in [6, 6.07) is 6.66. The molecule has 34 heavy (non-hydrogen) atoms. The molecule has 1 aromatic carbocycles. The van der Waals surface area contributed by atoms with Crippen LogP contribution in [0.25, 0.3) is 5.95 Å². The number of carboxylic acids is 1. The van der Waals surface area contributed by atoms with Crippen LogP contribution in [0.3, 0.4) is 0 Å². The lowest BCUT2D eigenvalue weighted by atomic mass is 10.2. The Labute approximate surface area is 196 Å². The van der Waals surface area contributed by atoms with E-state index >= 15 is 0 Å². The van der Waals surface area contributed by atoms with Gasteiger partial charge in [-0.1, -0.05) is 6.07 Å². The Hall–Kier alpha value is -4.17. The van der Waals surface area contributed by atoms with Gasteiger partial charge in [0.1, 0.15) is 21.8 Å². The van der Waals surface area contributed by atoms with Crippen LogP contribution in [0.2, 0.25) is 0 Å². The fourth-order valence-corrected chi connectivity index (χ4v) is 5.50. The maximum Gasteiger partial charge on any atom is 0.347 e. The molecule has 0 atom stereocenters. The Morgan fingerprint density at radius 1 is 1.24 bits per heavy atom. The third-order valence-corrected chi connectivity index (χ3v) is 7.20. The zero-order chi connectivity index (χ0) is 23.7. The van der Waals surface area contributed by atoms with E-state index in [1.54, 1.807) is 23.0 Å². The highest BCUT2D eigenvalue weighted by Gasteiger charge is 2.25. The van der Waals surface area contributed by atoms with Crippen LogP contribution in [0.15, 0.2) is 59.5 Å². The molecule has 3 aromatic heterocycles. The van der Waals surface area contributed by atoms with Crippen molar-refractivity contribution in [1.29, 1.82) is 0 Å². The van der Waals surface area contributed by atoms with Gasteiger partial charge in [-0.15, -0.1) is 11.3 Å². The zero-order valence-corrected chi connectivity index (χ0v) is 18.8. The highest BCUT2D eigenvalue weighted by molar-refractivity contribution is 7.93. The SMILES string of the molecule is O=C(O)c1sccc1S(=O)(=O)Nc1cnc(-n2ccnc2)nc1NCc1ccc2c(c1)OCO2. The number of anilines is 2. The first-order chi connectivity index (χ1) is 16.4. The number of aromatic nitrogens is 4. The molecule has 0 unspecified atom stereocenters. The number of aromatic carboxylic acids is 1. The van der Waals surface area contributed by atoms with Gasteiger partial charge in [-0.3, -0.25) is 9.29 Å². The van der Waals surface area contributed by atoms with Crippen molar-refractivity contribution >= 4 is 38.8 Å². The van der Waals surface area contributed by atoms with E-state index in [0.29, 0.717) is 11.5 Å². The largest absolute Gasteiger partial charge is 0.477 e. The molecule has 0 saturated carbocycles. The Morgan fingerprint density at radius 2 is 2.09 bits per heavy atom. The zero-order valence-electron chi connectivity index (χ0n) is 17.2. The average Bonchev–Trinajstić information content (AvgIpc) is 3.59. The molecule has 14 heteroatoms. The number of ether oxygens (including phenoxy) is 2. The van der Waals surface area contributed by atoms with Gasteiger partial charge in [-0.05, 0) is 29.1 Å². The van der Waals surface area contributed by atoms with E-state index in [1.165, 1.54) is 24.0 Å². The first-order valence-electron chi connectivity index (χ1n) is 9.72. The third kappa shape index (κ3) is 4.23. The van der Waals surface area contributed by atoms with Gasteiger partial charge in [-0.25, -0.2) is 23.2 Å². The second kappa shape index (κ2) is 8.64. The van der Waals surface area contributed by atoms with Crippen LogP contribution in [0.1, 0.15) is 15.2 Å².